The van der Waals surface area contributed by atoms with Crippen molar-refractivity contribution >= 4 is 22.9 Å². The van der Waals surface area contributed by atoms with Gasteiger partial charge in [0.25, 0.3) is 0 Å². The molecule has 0 saturated heterocycles. The second-order valence-corrected chi connectivity index (χ2v) is 6.57. The topological polar surface area (TPSA) is 21.3 Å². The highest BCUT2D eigenvalue weighted by Gasteiger charge is 2.15. The van der Waals surface area contributed by atoms with Gasteiger partial charge in [0.1, 0.15) is 0 Å². The molecule has 21 heavy (non-hydrogen) atoms. The van der Waals surface area contributed by atoms with Gasteiger partial charge >= 0.3 is 0 Å². The molecule has 0 saturated carbocycles. The summed E-state index contributed by atoms with van der Waals surface area (Å²) in [7, 11) is 1.47. The predicted molar refractivity (Wildman–Crippen MR) is 87.0 cm³/mol. The largest absolute Gasteiger partial charge is 0.494 e. The number of methoxy groups -OCH3 is 1. The first-order valence-corrected chi connectivity index (χ1v) is 8.14. The lowest BCUT2D eigenvalue weighted by molar-refractivity contribution is 0.386. The molecule has 2 aromatic rings. The van der Waals surface area contributed by atoms with Crippen LogP contribution in [0, 0.1) is 5.82 Å². The van der Waals surface area contributed by atoms with E-state index in [1.165, 1.54) is 18.1 Å². The van der Waals surface area contributed by atoms with Crippen molar-refractivity contribution in [2.75, 3.05) is 13.7 Å². The van der Waals surface area contributed by atoms with E-state index in [4.69, 9.17) is 16.3 Å². The van der Waals surface area contributed by atoms with E-state index in [0.717, 1.165) is 29.3 Å². The van der Waals surface area contributed by atoms with Crippen LogP contribution in [0.4, 0.5) is 4.39 Å². The lowest BCUT2D eigenvalue weighted by atomic mass is 10.0. The van der Waals surface area contributed by atoms with Crippen molar-refractivity contribution < 1.29 is 9.13 Å². The number of hydrogen-bond donors (Lipinski definition) is 1. The van der Waals surface area contributed by atoms with Crippen LogP contribution in [0.2, 0.25) is 4.34 Å². The third-order valence-electron chi connectivity index (χ3n) is 3.23. The number of rotatable bonds is 7. The van der Waals surface area contributed by atoms with Gasteiger partial charge in [-0.25, -0.2) is 4.39 Å². The Bertz CT molecular complexity index is 587. The molecule has 1 heterocycles. The molecule has 0 amide bonds. The standard InChI is InChI=1S/C16H19ClFNOS/c1-3-8-19-13(15-6-7-16(17)21-15)10-11-4-5-14(20-2)12(18)9-11/h4-7,9,13,19H,3,8,10H2,1-2H3. The molecule has 1 N–H and O–H groups in total. The van der Waals surface area contributed by atoms with Crippen LogP contribution in [0.25, 0.3) is 0 Å². The molecular formula is C16H19ClFNOS. The van der Waals surface area contributed by atoms with Crippen molar-refractivity contribution in [3.63, 3.8) is 0 Å². The Morgan fingerprint density at radius 1 is 1.33 bits per heavy atom. The van der Waals surface area contributed by atoms with E-state index in [-0.39, 0.29) is 17.6 Å². The van der Waals surface area contributed by atoms with Gasteiger partial charge < -0.3 is 10.1 Å². The maximum atomic E-state index is 13.8. The summed E-state index contributed by atoms with van der Waals surface area (Å²) in [6.07, 6.45) is 1.77. The summed E-state index contributed by atoms with van der Waals surface area (Å²) in [6, 6.07) is 9.18. The molecule has 1 unspecified atom stereocenters. The summed E-state index contributed by atoms with van der Waals surface area (Å²) in [5, 5.41) is 3.49. The van der Waals surface area contributed by atoms with Crippen LogP contribution in [0.1, 0.15) is 29.8 Å². The van der Waals surface area contributed by atoms with Gasteiger partial charge in [-0.15, -0.1) is 11.3 Å². The molecule has 0 bridgehead atoms. The van der Waals surface area contributed by atoms with Crippen molar-refractivity contribution in [1.29, 1.82) is 0 Å². The molecule has 0 aliphatic heterocycles. The van der Waals surface area contributed by atoms with Gasteiger partial charge in [-0.05, 0) is 49.2 Å². The van der Waals surface area contributed by atoms with Gasteiger partial charge in [-0.3, -0.25) is 0 Å². The predicted octanol–water partition coefficient (Wildman–Crippen LogP) is 4.83. The van der Waals surface area contributed by atoms with Gasteiger partial charge in [0, 0.05) is 10.9 Å². The lowest BCUT2D eigenvalue weighted by Crippen LogP contribution is -2.23. The van der Waals surface area contributed by atoms with Crippen LogP contribution < -0.4 is 10.1 Å². The summed E-state index contributed by atoms with van der Waals surface area (Å²) in [5.74, 6) is -0.0514. The molecule has 0 fully saturated rings. The Morgan fingerprint density at radius 2 is 2.14 bits per heavy atom. The Hall–Kier alpha value is -1.10. The first-order valence-electron chi connectivity index (χ1n) is 6.95. The van der Waals surface area contributed by atoms with Crippen LogP contribution >= 0.6 is 22.9 Å². The minimum Gasteiger partial charge on any atom is -0.494 e. The van der Waals surface area contributed by atoms with E-state index >= 15 is 0 Å². The van der Waals surface area contributed by atoms with Crippen molar-refractivity contribution in [1.82, 2.24) is 5.32 Å². The number of halogens is 2. The molecule has 1 atom stereocenters. The zero-order valence-corrected chi connectivity index (χ0v) is 13.7. The molecule has 0 spiro atoms. The van der Waals surface area contributed by atoms with Gasteiger partial charge in [0.15, 0.2) is 11.6 Å². The average Bonchev–Trinajstić information content (AvgIpc) is 2.90. The maximum Gasteiger partial charge on any atom is 0.165 e. The second kappa shape index (κ2) is 7.78. The third kappa shape index (κ3) is 4.43. The first kappa shape index (κ1) is 16.3. The molecule has 0 radical (unpaired) electrons. The molecular weight excluding hydrogens is 309 g/mol. The number of hydrogen-bond acceptors (Lipinski definition) is 3. The van der Waals surface area contributed by atoms with Crippen LogP contribution in [-0.2, 0) is 6.42 Å². The maximum absolute atomic E-state index is 13.8. The van der Waals surface area contributed by atoms with E-state index in [2.05, 4.69) is 12.2 Å². The van der Waals surface area contributed by atoms with Crippen molar-refractivity contribution in [3.05, 3.63) is 50.9 Å². The Morgan fingerprint density at radius 3 is 2.71 bits per heavy atom. The average molecular weight is 328 g/mol. The van der Waals surface area contributed by atoms with Crippen molar-refractivity contribution in [2.45, 2.75) is 25.8 Å². The summed E-state index contributed by atoms with van der Waals surface area (Å²) in [4.78, 5) is 1.17. The van der Waals surface area contributed by atoms with E-state index in [1.54, 1.807) is 17.4 Å². The zero-order valence-electron chi connectivity index (χ0n) is 12.2. The van der Waals surface area contributed by atoms with Gasteiger partial charge in [-0.2, -0.15) is 0 Å². The summed E-state index contributed by atoms with van der Waals surface area (Å²) in [5.41, 5.74) is 0.937. The normalized spacial score (nSPS) is 12.4. The molecule has 2 nitrogen and oxygen atoms in total. The first-order chi connectivity index (χ1) is 10.1. The fourth-order valence-corrected chi connectivity index (χ4v) is 3.32. The summed E-state index contributed by atoms with van der Waals surface area (Å²) in [6.45, 7) is 3.04. The molecule has 1 aromatic carbocycles. The van der Waals surface area contributed by atoms with E-state index < -0.39 is 0 Å². The summed E-state index contributed by atoms with van der Waals surface area (Å²) < 4.78 is 19.5. The third-order valence-corrected chi connectivity index (χ3v) is 4.58. The molecule has 0 aliphatic carbocycles. The highest BCUT2D eigenvalue weighted by molar-refractivity contribution is 7.16. The minimum atomic E-state index is -0.326. The Kier molecular flexibility index (Phi) is 6.03. The Balaban J connectivity index is 2.16. The fraction of sp³-hybridized carbons (Fsp3) is 0.375. The summed E-state index contributed by atoms with van der Waals surface area (Å²) >= 11 is 7.58. The number of benzene rings is 1. The highest BCUT2D eigenvalue weighted by Crippen LogP contribution is 2.30. The van der Waals surface area contributed by atoms with Crippen LogP contribution in [-0.4, -0.2) is 13.7 Å². The lowest BCUT2D eigenvalue weighted by Gasteiger charge is -2.17. The molecule has 2 rings (SSSR count). The molecule has 5 heteroatoms. The monoisotopic (exact) mass is 327 g/mol. The van der Waals surface area contributed by atoms with Gasteiger partial charge in [0.2, 0.25) is 0 Å². The Labute approximate surface area is 133 Å². The molecule has 114 valence electrons. The molecule has 1 aromatic heterocycles. The van der Waals surface area contributed by atoms with Crippen LogP contribution in [0.15, 0.2) is 30.3 Å². The van der Waals surface area contributed by atoms with Crippen molar-refractivity contribution in [3.8, 4) is 5.75 Å². The fourth-order valence-electron chi connectivity index (χ4n) is 2.18. The van der Waals surface area contributed by atoms with Gasteiger partial charge in [0.05, 0.1) is 11.4 Å². The SMILES string of the molecule is CCCNC(Cc1ccc(OC)c(F)c1)c1ccc(Cl)s1. The van der Waals surface area contributed by atoms with Crippen LogP contribution in [0.5, 0.6) is 5.75 Å². The quantitative estimate of drug-likeness (QED) is 0.786. The smallest absolute Gasteiger partial charge is 0.165 e. The van der Waals surface area contributed by atoms with E-state index in [9.17, 15) is 4.39 Å². The van der Waals surface area contributed by atoms with E-state index in [1.807, 2.05) is 18.2 Å². The number of thiophene rings is 1. The van der Waals surface area contributed by atoms with Crippen molar-refractivity contribution in [2.24, 2.45) is 0 Å². The van der Waals surface area contributed by atoms with E-state index in [0.29, 0.717) is 0 Å². The minimum absolute atomic E-state index is 0.148. The number of nitrogens with one attached hydrogen (secondary N) is 1. The molecule has 0 aliphatic rings. The van der Waals surface area contributed by atoms with Gasteiger partial charge in [-0.1, -0.05) is 24.6 Å². The zero-order chi connectivity index (χ0) is 15.2. The van der Waals surface area contributed by atoms with Crippen LogP contribution in [0.3, 0.4) is 0 Å². The highest BCUT2D eigenvalue weighted by atomic mass is 35.5. The number of ether oxygens (including phenoxy) is 1. The second-order valence-electron chi connectivity index (χ2n) is 4.82.